The molecule has 2 aliphatic heterocycles. The average Bonchev–Trinajstić information content (AvgIpc) is 2.38. The van der Waals surface area contributed by atoms with Crippen molar-refractivity contribution in [3.8, 4) is 0 Å². The van der Waals surface area contributed by atoms with Gasteiger partial charge in [0, 0.05) is 12.8 Å². The number of aliphatic imine (C=N–C) groups is 1. The Bertz CT molecular complexity index is 385. The van der Waals surface area contributed by atoms with Crippen molar-refractivity contribution in [2.75, 3.05) is 26.2 Å². The number of amides is 2. The van der Waals surface area contributed by atoms with Crippen LogP contribution in [0.15, 0.2) is 4.99 Å². The van der Waals surface area contributed by atoms with E-state index in [2.05, 4.69) is 20.5 Å². The molecule has 0 atom stereocenters. The molecule has 0 aromatic rings. The van der Waals surface area contributed by atoms with Crippen molar-refractivity contribution in [3.05, 3.63) is 0 Å². The zero-order valence-electron chi connectivity index (χ0n) is 10.7. The Morgan fingerprint density at radius 2 is 1.84 bits per heavy atom. The normalized spacial score (nSPS) is 22.6. The number of likely N-dealkylation sites (tertiary alicyclic amines) is 1. The highest BCUT2D eigenvalue weighted by molar-refractivity contribution is 7.80. The molecule has 2 heterocycles. The highest BCUT2D eigenvalue weighted by Gasteiger charge is 2.30. The van der Waals surface area contributed by atoms with Gasteiger partial charge in [0.2, 0.25) is 11.8 Å². The van der Waals surface area contributed by atoms with E-state index >= 15 is 0 Å². The fourth-order valence-electron chi connectivity index (χ4n) is 2.23. The van der Waals surface area contributed by atoms with Crippen LogP contribution in [0.3, 0.4) is 0 Å². The lowest BCUT2D eigenvalue weighted by Crippen LogP contribution is -2.56. The number of carbonyl (C=O) groups excluding carboxylic acids is 2. The van der Waals surface area contributed by atoms with Crippen molar-refractivity contribution in [1.82, 2.24) is 15.5 Å². The third-order valence-corrected chi connectivity index (χ3v) is 3.49. The average molecular weight is 282 g/mol. The van der Waals surface area contributed by atoms with Crippen LogP contribution in [0.2, 0.25) is 0 Å². The number of hydrogen-bond acceptors (Lipinski definition) is 5. The Morgan fingerprint density at radius 1 is 1.21 bits per heavy atom. The lowest BCUT2D eigenvalue weighted by Gasteiger charge is -2.25. The summed E-state index contributed by atoms with van der Waals surface area (Å²) in [4.78, 5) is 29.6. The molecule has 0 bridgehead atoms. The largest absolute Gasteiger partial charge is 0.302 e. The summed E-state index contributed by atoms with van der Waals surface area (Å²) < 4.78 is 0. The van der Waals surface area contributed by atoms with Gasteiger partial charge in [0.25, 0.3) is 0 Å². The topological polar surface area (TPSA) is 73.8 Å². The molecule has 2 N–H and O–H groups in total. The van der Waals surface area contributed by atoms with Crippen LogP contribution in [0.5, 0.6) is 0 Å². The molecule has 0 aliphatic carbocycles. The van der Waals surface area contributed by atoms with Crippen LogP contribution in [0.25, 0.3) is 0 Å². The third-order valence-electron chi connectivity index (χ3n) is 3.29. The zero-order chi connectivity index (χ0) is 13.7. The quantitative estimate of drug-likeness (QED) is 0.421. The molecule has 7 heteroatoms. The van der Waals surface area contributed by atoms with Crippen LogP contribution in [-0.2, 0) is 9.59 Å². The molecule has 0 radical (unpaired) electrons. The van der Waals surface area contributed by atoms with Crippen molar-refractivity contribution in [2.24, 2.45) is 10.9 Å². The Labute approximate surface area is 117 Å². The number of thiocarbonyl (C=S) groups is 1. The number of carbonyl (C=O) groups is 2. The monoisotopic (exact) mass is 282 g/mol. The van der Waals surface area contributed by atoms with Crippen LogP contribution in [0.1, 0.15) is 19.3 Å². The van der Waals surface area contributed by atoms with Crippen molar-refractivity contribution in [2.45, 2.75) is 19.3 Å². The molecular formula is C12H18N4O2S. The van der Waals surface area contributed by atoms with E-state index in [1.54, 1.807) is 0 Å². The number of nitrogens with zero attached hydrogens (tertiary/aromatic N) is 2. The molecule has 0 aromatic carbocycles. The van der Waals surface area contributed by atoms with E-state index in [1.807, 2.05) is 0 Å². The number of rotatable bonds is 4. The Balaban J connectivity index is 1.76. The van der Waals surface area contributed by atoms with E-state index in [1.165, 1.54) is 25.5 Å². The van der Waals surface area contributed by atoms with Gasteiger partial charge in [-0.1, -0.05) is 6.42 Å². The first-order valence-electron chi connectivity index (χ1n) is 6.55. The van der Waals surface area contributed by atoms with Crippen molar-refractivity contribution in [1.29, 1.82) is 0 Å². The van der Waals surface area contributed by atoms with Crippen LogP contribution >= 0.6 is 12.2 Å². The smallest absolute Gasteiger partial charge is 0.244 e. The molecule has 6 nitrogen and oxygen atoms in total. The lowest BCUT2D eigenvalue weighted by atomic mass is 10.1. The number of piperidine rings is 1. The van der Waals surface area contributed by atoms with E-state index in [9.17, 15) is 9.59 Å². The second kappa shape index (κ2) is 6.72. The standard InChI is InChI=1S/C12H18N4O2S/c17-10-9(11(18)15-12(19)14-10)8-13-4-7-16-5-2-1-3-6-16/h8-9H,1-7H2,(H2,14,15,17,18,19). The van der Waals surface area contributed by atoms with Crippen LogP contribution in [0, 0.1) is 5.92 Å². The molecular weight excluding hydrogens is 264 g/mol. The van der Waals surface area contributed by atoms with Crippen molar-refractivity contribution < 1.29 is 9.59 Å². The van der Waals surface area contributed by atoms with Gasteiger partial charge < -0.3 is 15.5 Å². The first kappa shape index (κ1) is 14.1. The number of nitrogens with one attached hydrogen (secondary N) is 2. The van der Waals surface area contributed by atoms with Gasteiger partial charge in [-0.15, -0.1) is 0 Å². The van der Waals surface area contributed by atoms with Crippen molar-refractivity contribution >= 4 is 35.4 Å². The van der Waals surface area contributed by atoms with Gasteiger partial charge >= 0.3 is 0 Å². The van der Waals surface area contributed by atoms with Crippen LogP contribution < -0.4 is 10.6 Å². The molecule has 19 heavy (non-hydrogen) atoms. The molecule has 104 valence electrons. The van der Waals surface area contributed by atoms with E-state index in [0.29, 0.717) is 6.54 Å². The summed E-state index contributed by atoms with van der Waals surface area (Å²) >= 11 is 4.72. The first-order valence-corrected chi connectivity index (χ1v) is 6.95. The molecule has 2 amide bonds. The first-order chi connectivity index (χ1) is 9.16. The van der Waals surface area contributed by atoms with Gasteiger partial charge in [-0.25, -0.2) is 0 Å². The summed E-state index contributed by atoms with van der Waals surface area (Å²) in [6, 6.07) is 0. The summed E-state index contributed by atoms with van der Waals surface area (Å²) in [5, 5.41) is 4.88. The maximum absolute atomic E-state index is 11.5. The maximum atomic E-state index is 11.5. The third kappa shape index (κ3) is 4.07. The van der Waals surface area contributed by atoms with Gasteiger partial charge in [0.1, 0.15) is 0 Å². The summed E-state index contributed by atoms with van der Waals surface area (Å²) in [5.74, 6) is -1.68. The van der Waals surface area contributed by atoms with Crippen molar-refractivity contribution in [3.63, 3.8) is 0 Å². The fourth-order valence-corrected chi connectivity index (χ4v) is 2.43. The van der Waals surface area contributed by atoms with Gasteiger partial charge in [0.15, 0.2) is 11.0 Å². The minimum atomic E-state index is -0.868. The van der Waals surface area contributed by atoms with Gasteiger partial charge in [-0.2, -0.15) is 0 Å². The molecule has 0 saturated carbocycles. The molecule has 0 unspecified atom stereocenters. The highest BCUT2D eigenvalue weighted by atomic mass is 32.1. The lowest BCUT2D eigenvalue weighted by molar-refractivity contribution is -0.131. The predicted molar refractivity (Wildman–Crippen MR) is 76.0 cm³/mol. The van der Waals surface area contributed by atoms with Crippen LogP contribution in [-0.4, -0.2) is 54.2 Å². The summed E-state index contributed by atoms with van der Waals surface area (Å²) in [5.41, 5.74) is 0. The number of hydrogen-bond donors (Lipinski definition) is 2. The summed E-state index contributed by atoms with van der Waals surface area (Å²) in [7, 11) is 0. The zero-order valence-corrected chi connectivity index (χ0v) is 11.5. The molecule has 2 fully saturated rings. The molecule has 0 spiro atoms. The second-order valence-corrected chi connectivity index (χ2v) is 5.15. The second-order valence-electron chi connectivity index (χ2n) is 4.74. The van der Waals surface area contributed by atoms with E-state index in [4.69, 9.17) is 12.2 Å². The highest BCUT2D eigenvalue weighted by Crippen LogP contribution is 2.07. The van der Waals surface area contributed by atoms with E-state index in [0.717, 1.165) is 19.6 Å². The van der Waals surface area contributed by atoms with Gasteiger partial charge in [0.05, 0.1) is 6.54 Å². The molecule has 2 rings (SSSR count). The Kier molecular flexibility index (Phi) is 4.98. The van der Waals surface area contributed by atoms with Gasteiger partial charge in [-0.05, 0) is 38.1 Å². The SMILES string of the molecule is O=C1NC(=S)NC(=O)C1C=NCCN1CCCCC1. The molecule has 2 aliphatic rings. The maximum Gasteiger partial charge on any atom is 0.244 e. The molecule has 2 saturated heterocycles. The summed E-state index contributed by atoms with van der Waals surface area (Å²) in [6.07, 6.45) is 5.21. The van der Waals surface area contributed by atoms with Gasteiger partial charge in [-0.3, -0.25) is 14.6 Å². The predicted octanol–water partition coefficient (Wildman–Crippen LogP) is -0.310. The molecule has 0 aromatic heterocycles. The summed E-state index contributed by atoms with van der Waals surface area (Å²) in [6.45, 7) is 3.73. The minimum Gasteiger partial charge on any atom is -0.302 e. The van der Waals surface area contributed by atoms with E-state index in [-0.39, 0.29) is 5.11 Å². The Morgan fingerprint density at radius 3 is 2.47 bits per heavy atom. The van der Waals surface area contributed by atoms with Crippen LogP contribution in [0.4, 0.5) is 0 Å². The fraction of sp³-hybridized carbons (Fsp3) is 0.667. The minimum absolute atomic E-state index is 0.0629. The Hall–Kier alpha value is -1.34. The van der Waals surface area contributed by atoms with E-state index < -0.39 is 17.7 Å².